The molecule has 0 aliphatic carbocycles. The molecular formula is C15H14ClNO3. The predicted molar refractivity (Wildman–Crippen MR) is 79.1 cm³/mol. The fourth-order valence-corrected chi connectivity index (χ4v) is 1.89. The maximum atomic E-state index is 9.91. The number of phenols is 2. The second-order valence-corrected chi connectivity index (χ2v) is 4.58. The Bertz CT molecular complexity index is 641. The van der Waals surface area contributed by atoms with Gasteiger partial charge in [-0.2, -0.15) is 0 Å². The third-order valence-corrected chi connectivity index (χ3v) is 3.02. The first-order valence-corrected chi connectivity index (χ1v) is 6.33. The minimum absolute atomic E-state index is 0.0658. The van der Waals surface area contributed by atoms with E-state index in [0.29, 0.717) is 21.9 Å². The van der Waals surface area contributed by atoms with Crippen molar-refractivity contribution < 1.29 is 14.9 Å². The van der Waals surface area contributed by atoms with E-state index in [9.17, 15) is 10.2 Å². The number of ether oxygens (including phenoxy) is 1. The fraction of sp³-hybridized carbons (Fsp3) is 0.133. The van der Waals surface area contributed by atoms with Crippen LogP contribution in [-0.2, 0) is 6.54 Å². The molecule has 0 aliphatic heterocycles. The highest BCUT2D eigenvalue weighted by Gasteiger charge is 2.06. The Balaban J connectivity index is 2.14. The SMILES string of the molecule is COc1cccc(CN=Cc2ccc(Cl)cc2O)c1O. The summed E-state index contributed by atoms with van der Waals surface area (Å²) in [4.78, 5) is 4.19. The third kappa shape index (κ3) is 3.22. The molecule has 0 radical (unpaired) electrons. The second kappa shape index (κ2) is 6.30. The smallest absolute Gasteiger partial charge is 0.162 e. The molecule has 0 spiro atoms. The van der Waals surface area contributed by atoms with Gasteiger partial charge in [0.15, 0.2) is 11.5 Å². The molecule has 0 aliphatic rings. The Labute approximate surface area is 121 Å². The summed E-state index contributed by atoms with van der Waals surface area (Å²) in [6.07, 6.45) is 1.53. The molecule has 0 atom stereocenters. The molecule has 2 rings (SSSR count). The number of aliphatic imine (C=N–C) groups is 1. The van der Waals surface area contributed by atoms with Gasteiger partial charge in [0.2, 0.25) is 0 Å². The summed E-state index contributed by atoms with van der Waals surface area (Å²) in [5.41, 5.74) is 1.21. The molecule has 0 fully saturated rings. The molecule has 0 saturated heterocycles. The van der Waals surface area contributed by atoms with E-state index < -0.39 is 0 Å². The van der Waals surface area contributed by atoms with Crippen molar-refractivity contribution in [2.45, 2.75) is 6.54 Å². The summed E-state index contributed by atoms with van der Waals surface area (Å²) in [7, 11) is 1.49. The van der Waals surface area contributed by atoms with Gasteiger partial charge in [0.25, 0.3) is 0 Å². The number of hydrogen-bond donors (Lipinski definition) is 2. The molecule has 0 amide bonds. The normalized spacial score (nSPS) is 10.9. The summed E-state index contributed by atoms with van der Waals surface area (Å²) in [6.45, 7) is 0.283. The average Bonchev–Trinajstić information content (AvgIpc) is 2.43. The highest BCUT2D eigenvalue weighted by atomic mass is 35.5. The first kappa shape index (κ1) is 14.2. The van der Waals surface area contributed by atoms with Crippen LogP contribution < -0.4 is 4.74 Å². The van der Waals surface area contributed by atoms with Gasteiger partial charge in [-0.1, -0.05) is 23.7 Å². The van der Waals surface area contributed by atoms with Crippen LogP contribution in [0.4, 0.5) is 0 Å². The van der Waals surface area contributed by atoms with Crippen molar-refractivity contribution >= 4 is 17.8 Å². The third-order valence-electron chi connectivity index (χ3n) is 2.79. The lowest BCUT2D eigenvalue weighted by Gasteiger charge is -2.06. The van der Waals surface area contributed by atoms with Crippen LogP contribution in [0.25, 0.3) is 0 Å². The van der Waals surface area contributed by atoms with Gasteiger partial charge in [-0.25, -0.2) is 0 Å². The number of hydrogen-bond acceptors (Lipinski definition) is 4. The van der Waals surface area contributed by atoms with E-state index in [2.05, 4.69) is 4.99 Å². The minimum Gasteiger partial charge on any atom is -0.507 e. The number of aromatic hydroxyl groups is 2. The standard InChI is InChI=1S/C15H14ClNO3/c1-20-14-4-2-3-11(15(14)19)9-17-8-10-5-6-12(16)7-13(10)18/h2-8,18-19H,9H2,1H3. The lowest BCUT2D eigenvalue weighted by atomic mass is 10.2. The fourth-order valence-electron chi connectivity index (χ4n) is 1.73. The van der Waals surface area contributed by atoms with Crippen molar-refractivity contribution in [1.82, 2.24) is 0 Å². The van der Waals surface area contributed by atoms with Gasteiger partial charge in [-0.3, -0.25) is 4.99 Å². The number of phenolic OH excluding ortho intramolecular Hbond substituents is 2. The van der Waals surface area contributed by atoms with Crippen LogP contribution in [0, 0.1) is 0 Å². The monoisotopic (exact) mass is 291 g/mol. The molecular weight excluding hydrogens is 278 g/mol. The van der Waals surface area contributed by atoms with Crippen LogP contribution in [0.3, 0.4) is 0 Å². The molecule has 0 aromatic heterocycles. The van der Waals surface area contributed by atoms with Crippen LogP contribution in [0.15, 0.2) is 41.4 Å². The van der Waals surface area contributed by atoms with Crippen LogP contribution in [0.2, 0.25) is 5.02 Å². The summed E-state index contributed by atoms with van der Waals surface area (Å²) in [5, 5.41) is 20.1. The molecule has 2 N–H and O–H groups in total. The van der Waals surface area contributed by atoms with Gasteiger partial charge >= 0.3 is 0 Å². The Hall–Kier alpha value is -2.20. The highest BCUT2D eigenvalue weighted by molar-refractivity contribution is 6.30. The van der Waals surface area contributed by atoms with Crippen LogP contribution >= 0.6 is 11.6 Å². The van der Waals surface area contributed by atoms with Crippen molar-refractivity contribution in [2.75, 3.05) is 7.11 Å². The van der Waals surface area contributed by atoms with Gasteiger partial charge in [-0.15, -0.1) is 0 Å². The first-order valence-electron chi connectivity index (χ1n) is 5.95. The largest absolute Gasteiger partial charge is 0.507 e. The van der Waals surface area contributed by atoms with Gasteiger partial charge in [-0.05, 0) is 24.3 Å². The Morgan fingerprint density at radius 3 is 2.75 bits per heavy atom. The van der Waals surface area contributed by atoms with Crippen LogP contribution in [0.1, 0.15) is 11.1 Å². The number of halogens is 1. The van der Waals surface area contributed by atoms with Crippen LogP contribution in [-0.4, -0.2) is 23.5 Å². The number of rotatable bonds is 4. The van der Waals surface area contributed by atoms with Gasteiger partial charge < -0.3 is 14.9 Å². The molecule has 5 heteroatoms. The van der Waals surface area contributed by atoms with Crippen molar-refractivity contribution in [3.63, 3.8) is 0 Å². The minimum atomic E-state index is 0.0658. The lowest BCUT2D eigenvalue weighted by Crippen LogP contribution is -1.89. The molecule has 2 aromatic carbocycles. The van der Waals surface area contributed by atoms with Crippen molar-refractivity contribution in [2.24, 2.45) is 4.99 Å². The Morgan fingerprint density at radius 2 is 2.05 bits per heavy atom. The summed E-state index contributed by atoms with van der Waals surface area (Å²) in [5.74, 6) is 0.552. The van der Waals surface area contributed by atoms with E-state index in [1.165, 1.54) is 19.4 Å². The molecule has 4 nitrogen and oxygen atoms in total. The van der Waals surface area contributed by atoms with E-state index in [-0.39, 0.29) is 18.0 Å². The van der Waals surface area contributed by atoms with Gasteiger partial charge in [0, 0.05) is 22.4 Å². The summed E-state index contributed by atoms with van der Waals surface area (Å²) >= 11 is 5.75. The molecule has 2 aromatic rings. The van der Waals surface area contributed by atoms with Gasteiger partial charge in [0.05, 0.1) is 13.7 Å². The van der Waals surface area contributed by atoms with Crippen molar-refractivity contribution in [1.29, 1.82) is 0 Å². The molecule has 0 bridgehead atoms. The quantitative estimate of drug-likeness (QED) is 0.849. The topological polar surface area (TPSA) is 62.0 Å². The molecule has 0 unspecified atom stereocenters. The maximum absolute atomic E-state index is 9.91. The maximum Gasteiger partial charge on any atom is 0.162 e. The highest BCUT2D eigenvalue weighted by Crippen LogP contribution is 2.29. The number of benzene rings is 2. The van der Waals surface area contributed by atoms with E-state index in [0.717, 1.165) is 0 Å². The van der Waals surface area contributed by atoms with Crippen molar-refractivity contribution in [3.05, 3.63) is 52.5 Å². The lowest BCUT2D eigenvalue weighted by molar-refractivity contribution is 0.371. The summed E-state index contributed by atoms with van der Waals surface area (Å²) in [6, 6.07) is 10.0. The second-order valence-electron chi connectivity index (χ2n) is 4.14. The average molecular weight is 292 g/mol. The van der Waals surface area contributed by atoms with E-state index in [1.807, 2.05) is 0 Å². The van der Waals surface area contributed by atoms with Gasteiger partial charge in [0.1, 0.15) is 5.75 Å². The Morgan fingerprint density at radius 1 is 1.25 bits per heavy atom. The number of para-hydroxylation sites is 1. The molecule has 0 heterocycles. The summed E-state index contributed by atoms with van der Waals surface area (Å²) < 4.78 is 5.03. The number of nitrogens with zero attached hydrogens (tertiary/aromatic N) is 1. The zero-order valence-corrected chi connectivity index (χ0v) is 11.6. The van der Waals surface area contributed by atoms with Crippen molar-refractivity contribution in [3.8, 4) is 17.2 Å². The molecule has 20 heavy (non-hydrogen) atoms. The zero-order valence-electron chi connectivity index (χ0n) is 10.9. The predicted octanol–water partition coefficient (Wildman–Crippen LogP) is 3.38. The Kier molecular flexibility index (Phi) is 4.48. The molecule has 0 saturated carbocycles. The van der Waals surface area contributed by atoms with E-state index >= 15 is 0 Å². The van der Waals surface area contributed by atoms with E-state index in [1.54, 1.807) is 30.3 Å². The van der Waals surface area contributed by atoms with E-state index in [4.69, 9.17) is 16.3 Å². The molecule has 104 valence electrons. The first-order chi connectivity index (χ1) is 9.61. The van der Waals surface area contributed by atoms with Crippen LogP contribution in [0.5, 0.6) is 17.2 Å². The zero-order chi connectivity index (χ0) is 14.5. The number of methoxy groups -OCH3 is 1.